The van der Waals surface area contributed by atoms with Gasteiger partial charge in [-0.2, -0.15) is 0 Å². The maximum Gasteiger partial charge on any atom is 0.237 e. The molecule has 0 fully saturated rings. The van der Waals surface area contributed by atoms with Crippen LogP contribution in [-0.2, 0) is 9.59 Å². The number of hydrogen-bond acceptors (Lipinski definition) is 4. The standard InChI is InChI=1S/C19H19FN2O3S/c1-12(23)14-7-9-15(10-8-14)21-19(25)13(2)26-11-18(24)22-17-6-4-3-5-16(17)20/h3-10,13H,11H2,1-2H3,(H,21,25)(H,22,24). The van der Waals surface area contributed by atoms with Crippen LogP contribution < -0.4 is 10.6 Å². The summed E-state index contributed by atoms with van der Waals surface area (Å²) in [5, 5.41) is 4.72. The Kier molecular flexibility index (Phi) is 6.91. The number of nitrogens with one attached hydrogen (secondary N) is 2. The number of amides is 2. The Hall–Kier alpha value is -2.67. The molecule has 26 heavy (non-hydrogen) atoms. The minimum atomic E-state index is -0.509. The van der Waals surface area contributed by atoms with E-state index < -0.39 is 11.1 Å². The fourth-order valence-electron chi connectivity index (χ4n) is 2.06. The lowest BCUT2D eigenvalue weighted by Gasteiger charge is -2.12. The molecule has 136 valence electrons. The number of thioether (sulfide) groups is 1. The van der Waals surface area contributed by atoms with E-state index in [-0.39, 0.29) is 29.0 Å². The number of ketones is 1. The highest BCUT2D eigenvalue weighted by Gasteiger charge is 2.16. The molecule has 2 amide bonds. The summed E-state index contributed by atoms with van der Waals surface area (Å²) in [7, 11) is 0. The first-order chi connectivity index (χ1) is 12.4. The molecule has 0 radical (unpaired) electrons. The van der Waals surface area contributed by atoms with Crippen LogP contribution in [0.1, 0.15) is 24.2 Å². The summed E-state index contributed by atoms with van der Waals surface area (Å²) in [6.07, 6.45) is 0. The van der Waals surface area contributed by atoms with Crippen LogP contribution in [0.2, 0.25) is 0 Å². The maximum atomic E-state index is 13.5. The van der Waals surface area contributed by atoms with Crippen molar-refractivity contribution in [3.63, 3.8) is 0 Å². The molecule has 1 atom stereocenters. The van der Waals surface area contributed by atoms with Gasteiger partial charge in [-0.05, 0) is 50.2 Å². The van der Waals surface area contributed by atoms with Crippen LogP contribution >= 0.6 is 11.8 Å². The Morgan fingerprint density at radius 3 is 2.31 bits per heavy atom. The summed E-state index contributed by atoms with van der Waals surface area (Å²) in [6.45, 7) is 3.15. The number of benzene rings is 2. The Bertz CT molecular complexity index is 809. The number of carbonyl (C=O) groups is 3. The van der Waals surface area contributed by atoms with Crippen molar-refractivity contribution < 1.29 is 18.8 Å². The molecule has 0 aliphatic heterocycles. The van der Waals surface area contributed by atoms with Crippen LogP contribution in [0.4, 0.5) is 15.8 Å². The highest BCUT2D eigenvalue weighted by molar-refractivity contribution is 8.01. The SMILES string of the molecule is CC(=O)c1ccc(NC(=O)C(C)SCC(=O)Nc2ccccc2F)cc1. The predicted molar refractivity (Wildman–Crippen MR) is 102 cm³/mol. The van der Waals surface area contributed by atoms with Crippen molar-refractivity contribution in [1.29, 1.82) is 0 Å². The Morgan fingerprint density at radius 1 is 1.04 bits per heavy atom. The van der Waals surface area contributed by atoms with Crippen LogP contribution in [-0.4, -0.2) is 28.6 Å². The minimum Gasteiger partial charge on any atom is -0.325 e. The van der Waals surface area contributed by atoms with Gasteiger partial charge in [0.2, 0.25) is 11.8 Å². The van der Waals surface area contributed by atoms with Crippen molar-refractivity contribution in [2.24, 2.45) is 0 Å². The molecule has 0 spiro atoms. The van der Waals surface area contributed by atoms with E-state index in [0.29, 0.717) is 11.3 Å². The van der Waals surface area contributed by atoms with Gasteiger partial charge in [0, 0.05) is 11.3 Å². The molecule has 0 bridgehead atoms. The third kappa shape index (κ3) is 5.70. The van der Waals surface area contributed by atoms with Crippen molar-refractivity contribution in [2.75, 3.05) is 16.4 Å². The zero-order chi connectivity index (χ0) is 19.1. The summed E-state index contributed by atoms with van der Waals surface area (Å²) in [5.74, 6) is -1.18. The third-order valence-corrected chi connectivity index (χ3v) is 4.68. The Balaban J connectivity index is 1.82. The largest absolute Gasteiger partial charge is 0.325 e. The molecule has 0 aliphatic rings. The molecule has 5 nitrogen and oxygen atoms in total. The lowest BCUT2D eigenvalue weighted by atomic mass is 10.1. The molecular weight excluding hydrogens is 355 g/mol. The van der Waals surface area contributed by atoms with E-state index in [0.717, 1.165) is 11.8 Å². The first kappa shape index (κ1) is 19.7. The van der Waals surface area contributed by atoms with Gasteiger partial charge in [-0.15, -0.1) is 11.8 Å². The van der Waals surface area contributed by atoms with Gasteiger partial charge in [-0.3, -0.25) is 14.4 Å². The zero-order valence-corrected chi connectivity index (χ0v) is 15.2. The van der Waals surface area contributed by atoms with Gasteiger partial charge in [-0.25, -0.2) is 4.39 Å². The fraction of sp³-hybridized carbons (Fsp3) is 0.211. The number of Topliss-reactive ketones (excluding diaryl/α,β-unsaturated/α-hetero) is 1. The summed E-state index contributed by atoms with van der Waals surface area (Å²) in [5.41, 5.74) is 1.25. The highest BCUT2D eigenvalue weighted by atomic mass is 32.2. The number of hydrogen-bond donors (Lipinski definition) is 2. The van der Waals surface area contributed by atoms with Crippen LogP contribution in [0.5, 0.6) is 0 Å². The molecule has 0 aliphatic carbocycles. The quantitative estimate of drug-likeness (QED) is 0.724. The fourth-order valence-corrected chi connectivity index (χ4v) is 2.74. The van der Waals surface area contributed by atoms with E-state index in [9.17, 15) is 18.8 Å². The summed E-state index contributed by atoms with van der Waals surface area (Å²) < 4.78 is 13.5. The number of halogens is 1. The van der Waals surface area contributed by atoms with Crippen LogP contribution in [0.25, 0.3) is 0 Å². The first-order valence-electron chi connectivity index (χ1n) is 7.94. The number of rotatable bonds is 7. The van der Waals surface area contributed by atoms with E-state index in [1.165, 1.54) is 25.1 Å². The van der Waals surface area contributed by atoms with Gasteiger partial charge in [0.05, 0.1) is 16.7 Å². The number of anilines is 2. The van der Waals surface area contributed by atoms with Gasteiger partial charge in [0.1, 0.15) is 5.82 Å². The second-order valence-corrected chi connectivity index (χ2v) is 6.93. The van der Waals surface area contributed by atoms with Crippen molar-refractivity contribution in [3.8, 4) is 0 Å². The summed E-state index contributed by atoms with van der Waals surface area (Å²) in [6, 6.07) is 12.5. The molecule has 0 heterocycles. The van der Waals surface area contributed by atoms with Crippen molar-refractivity contribution in [2.45, 2.75) is 19.1 Å². The molecule has 2 rings (SSSR count). The maximum absolute atomic E-state index is 13.5. The van der Waals surface area contributed by atoms with E-state index in [4.69, 9.17) is 0 Å². The normalized spacial score (nSPS) is 11.5. The van der Waals surface area contributed by atoms with Crippen molar-refractivity contribution >= 4 is 40.7 Å². The lowest BCUT2D eigenvalue weighted by Crippen LogP contribution is -2.25. The van der Waals surface area contributed by atoms with E-state index in [2.05, 4.69) is 10.6 Å². The topological polar surface area (TPSA) is 75.3 Å². The molecule has 7 heteroatoms. The molecule has 0 saturated heterocycles. The molecular formula is C19H19FN2O3S. The third-order valence-electron chi connectivity index (χ3n) is 3.54. The van der Waals surface area contributed by atoms with Crippen molar-refractivity contribution in [3.05, 3.63) is 59.9 Å². The van der Waals surface area contributed by atoms with Gasteiger partial charge in [0.15, 0.2) is 5.78 Å². The minimum absolute atomic E-state index is 0.0200. The Labute approximate surface area is 155 Å². The molecule has 0 saturated carbocycles. The highest BCUT2D eigenvalue weighted by Crippen LogP contribution is 2.17. The van der Waals surface area contributed by atoms with Crippen molar-refractivity contribution in [1.82, 2.24) is 0 Å². The van der Waals surface area contributed by atoms with E-state index in [1.54, 1.807) is 37.3 Å². The van der Waals surface area contributed by atoms with E-state index in [1.807, 2.05) is 0 Å². The van der Waals surface area contributed by atoms with Crippen LogP contribution in [0.3, 0.4) is 0 Å². The summed E-state index contributed by atoms with van der Waals surface area (Å²) in [4.78, 5) is 35.3. The summed E-state index contributed by atoms with van der Waals surface area (Å²) >= 11 is 1.14. The number of para-hydroxylation sites is 1. The van der Waals surface area contributed by atoms with Crippen LogP contribution in [0, 0.1) is 5.82 Å². The second kappa shape index (κ2) is 9.15. The number of carbonyl (C=O) groups excluding carboxylic acids is 3. The molecule has 1 unspecified atom stereocenters. The predicted octanol–water partition coefficient (Wildman–Crippen LogP) is 3.73. The molecule has 2 N–H and O–H groups in total. The molecule has 0 aromatic heterocycles. The van der Waals surface area contributed by atoms with Crippen LogP contribution in [0.15, 0.2) is 48.5 Å². The van der Waals surface area contributed by atoms with Gasteiger partial charge in [-0.1, -0.05) is 12.1 Å². The molecule has 2 aromatic rings. The average Bonchev–Trinajstić information content (AvgIpc) is 2.62. The monoisotopic (exact) mass is 374 g/mol. The first-order valence-corrected chi connectivity index (χ1v) is 8.99. The smallest absolute Gasteiger partial charge is 0.237 e. The van der Waals surface area contributed by atoms with Gasteiger partial charge in [0.25, 0.3) is 0 Å². The Morgan fingerprint density at radius 2 is 1.69 bits per heavy atom. The molecule has 2 aromatic carbocycles. The van der Waals surface area contributed by atoms with Gasteiger partial charge >= 0.3 is 0 Å². The average molecular weight is 374 g/mol. The van der Waals surface area contributed by atoms with E-state index >= 15 is 0 Å². The second-order valence-electron chi connectivity index (χ2n) is 5.60. The zero-order valence-electron chi connectivity index (χ0n) is 14.4. The van der Waals surface area contributed by atoms with Gasteiger partial charge < -0.3 is 10.6 Å². The lowest BCUT2D eigenvalue weighted by molar-refractivity contribution is -0.115.